The van der Waals surface area contributed by atoms with Crippen molar-refractivity contribution in [2.24, 2.45) is 0 Å². The molecule has 0 bridgehead atoms. The molecular weight excluding hydrogens is 433 g/mol. The fraction of sp³-hybridized carbons (Fsp3) is 0.217. The first-order chi connectivity index (χ1) is 15.5. The molecule has 0 radical (unpaired) electrons. The minimum atomic E-state index is -0.370. The number of carbonyl (C=O) groups excluding carboxylic acids is 1. The van der Waals surface area contributed by atoms with E-state index in [4.69, 9.17) is 16.1 Å². The molecule has 9 heteroatoms. The maximum Gasteiger partial charge on any atom is 0.226 e. The number of hydrogen-bond donors (Lipinski definition) is 1. The molecule has 0 unspecified atom stereocenters. The Bertz CT molecular complexity index is 1220. The average Bonchev–Trinajstić information content (AvgIpc) is 3.42. The first kappa shape index (κ1) is 21.7. The SMILES string of the molecule is Cc1nccn1-c1ccc(CNC(=O)CCCc2nc(-c3ccc(Cl)cc3)no2)cc1F. The molecule has 164 valence electrons. The van der Waals surface area contributed by atoms with Crippen molar-refractivity contribution in [2.45, 2.75) is 32.7 Å². The van der Waals surface area contributed by atoms with Crippen LogP contribution < -0.4 is 5.32 Å². The predicted octanol–water partition coefficient (Wildman–Crippen LogP) is 4.66. The maximum atomic E-state index is 14.5. The first-order valence-electron chi connectivity index (χ1n) is 10.1. The van der Waals surface area contributed by atoms with Crippen molar-refractivity contribution in [3.05, 3.63) is 83.0 Å². The van der Waals surface area contributed by atoms with Gasteiger partial charge in [-0.1, -0.05) is 22.8 Å². The van der Waals surface area contributed by atoms with Crippen LogP contribution in [-0.4, -0.2) is 25.6 Å². The molecule has 4 aromatic rings. The topological polar surface area (TPSA) is 85.8 Å². The van der Waals surface area contributed by atoms with Gasteiger partial charge in [-0.05, 0) is 55.3 Å². The molecule has 1 N–H and O–H groups in total. The normalized spacial score (nSPS) is 11.0. The second-order valence-corrected chi connectivity index (χ2v) is 7.72. The summed E-state index contributed by atoms with van der Waals surface area (Å²) in [6, 6.07) is 12.0. The third kappa shape index (κ3) is 5.20. The summed E-state index contributed by atoms with van der Waals surface area (Å²) in [6.07, 6.45) is 4.67. The first-order valence-corrected chi connectivity index (χ1v) is 10.5. The average molecular weight is 454 g/mol. The Hall–Kier alpha value is -3.52. The molecule has 7 nitrogen and oxygen atoms in total. The lowest BCUT2D eigenvalue weighted by Gasteiger charge is -2.09. The minimum Gasteiger partial charge on any atom is -0.352 e. The molecular formula is C23H21ClFN5O2. The second-order valence-electron chi connectivity index (χ2n) is 7.28. The van der Waals surface area contributed by atoms with E-state index in [1.165, 1.54) is 6.07 Å². The highest BCUT2D eigenvalue weighted by molar-refractivity contribution is 6.30. The Morgan fingerprint density at radius 1 is 1.22 bits per heavy atom. The van der Waals surface area contributed by atoms with Crippen molar-refractivity contribution in [3.63, 3.8) is 0 Å². The number of benzene rings is 2. The van der Waals surface area contributed by atoms with Crippen LogP contribution in [0, 0.1) is 12.7 Å². The zero-order chi connectivity index (χ0) is 22.5. The van der Waals surface area contributed by atoms with Gasteiger partial charge in [-0.25, -0.2) is 9.37 Å². The Balaban J connectivity index is 1.24. The number of aromatic nitrogens is 4. The van der Waals surface area contributed by atoms with E-state index in [1.54, 1.807) is 48.1 Å². The van der Waals surface area contributed by atoms with E-state index in [1.807, 2.05) is 12.1 Å². The van der Waals surface area contributed by atoms with E-state index in [9.17, 15) is 9.18 Å². The van der Waals surface area contributed by atoms with Crippen LogP contribution in [0.4, 0.5) is 4.39 Å². The van der Waals surface area contributed by atoms with E-state index < -0.39 is 0 Å². The molecule has 0 saturated carbocycles. The summed E-state index contributed by atoms with van der Waals surface area (Å²) in [4.78, 5) is 20.6. The van der Waals surface area contributed by atoms with Gasteiger partial charge in [-0.3, -0.25) is 4.79 Å². The van der Waals surface area contributed by atoms with Crippen molar-refractivity contribution < 1.29 is 13.7 Å². The van der Waals surface area contributed by atoms with Crippen LogP contribution >= 0.6 is 11.6 Å². The van der Waals surface area contributed by atoms with E-state index in [0.29, 0.717) is 53.1 Å². The van der Waals surface area contributed by atoms with Crippen LogP contribution in [0.3, 0.4) is 0 Å². The number of rotatable bonds is 8. The van der Waals surface area contributed by atoms with E-state index in [-0.39, 0.29) is 18.3 Å². The van der Waals surface area contributed by atoms with Gasteiger partial charge in [-0.2, -0.15) is 4.98 Å². The van der Waals surface area contributed by atoms with Crippen LogP contribution in [0.25, 0.3) is 17.1 Å². The highest BCUT2D eigenvalue weighted by Gasteiger charge is 2.11. The van der Waals surface area contributed by atoms with Gasteiger partial charge < -0.3 is 14.4 Å². The van der Waals surface area contributed by atoms with Crippen molar-refractivity contribution in [1.29, 1.82) is 0 Å². The van der Waals surface area contributed by atoms with Gasteiger partial charge in [-0.15, -0.1) is 0 Å². The zero-order valence-corrected chi connectivity index (χ0v) is 18.1. The quantitative estimate of drug-likeness (QED) is 0.419. The number of nitrogens with zero attached hydrogens (tertiary/aromatic N) is 4. The lowest BCUT2D eigenvalue weighted by Crippen LogP contribution is -2.22. The Morgan fingerprint density at radius 2 is 2.03 bits per heavy atom. The summed E-state index contributed by atoms with van der Waals surface area (Å²) in [7, 11) is 0. The molecule has 2 heterocycles. The van der Waals surface area contributed by atoms with Crippen LogP contribution in [0.2, 0.25) is 5.02 Å². The molecule has 0 aliphatic heterocycles. The van der Waals surface area contributed by atoms with Crippen LogP contribution in [0.1, 0.15) is 30.1 Å². The standard InChI is InChI=1S/C23H21ClFN5O2/c1-15-26-11-12-30(15)20-10-5-16(13-19(20)25)14-27-21(31)3-2-4-22-28-23(29-32-22)17-6-8-18(24)9-7-17/h5-13H,2-4,14H2,1H3,(H,27,31). The van der Waals surface area contributed by atoms with Crippen LogP contribution in [0.5, 0.6) is 0 Å². The molecule has 0 saturated heterocycles. The molecule has 2 aromatic carbocycles. The molecule has 4 rings (SSSR count). The molecule has 0 aliphatic rings. The predicted molar refractivity (Wildman–Crippen MR) is 118 cm³/mol. The van der Waals surface area contributed by atoms with E-state index in [2.05, 4.69) is 20.4 Å². The fourth-order valence-electron chi connectivity index (χ4n) is 3.25. The summed E-state index contributed by atoms with van der Waals surface area (Å²) in [5.74, 6) is 1.15. The number of nitrogens with one attached hydrogen (secondary N) is 1. The van der Waals surface area contributed by atoms with Crippen LogP contribution in [-0.2, 0) is 17.8 Å². The Morgan fingerprint density at radius 3 is 2.75 bits per heavy atom. The number of carbonyl (C=O) groups is 1. The highest BCUT2D eigenvalue weighted by Crippen LogP contribution is 2.19. The summed E-state index contributed by atoms with van der Waals surface area (Å²) in [6.45, 7) is 2.06. The minimum absolute atomic E-state index is 0.127. The number of amides is 1. The molecule has 0 spiro atoms. The monoisotopic (exact) mass is 453 g/mol. The molecule has 0 atom stereocenters. The summed E-state index contributed by atoms with van der Waals surface area (Å²) in [5, 5.41) is 7.40. The molecule has 0 aliphatic carbocycles. The highest BCUT2D eigenvalue weighted by atomic mass is 35.5. The van der Waals surface area contributed by atoms with Crippen molar-refractivity contribution >= 4 is 17.5 Å². The third-order valence-corrected chi connectivity index (χ3v) is 5.20. The van der Waals surface area contributed by atoms with Gasteiger partial charge >= 0.3 is 0 Å². The number of halogens is 2. The number of imidazole rings is 1. The number of aryl methyl sites for hydroxylation is 2. The lowest BCUT2D eigenvalue weighted by molar-refractivity contribution is -0.121. The van der Waals surface area contributed by atoms with Crippen molar-refractivity contribution in [3.8, 4) is 17.1 Å². The van der Waals surface area contributed by atoms with Gasteiger partial charge in [0, 0.05) is 42.4 Å². The van der Waals surface area contributed by atoms with Gasteiger partial charge in [0.25, 0.3) is 0 Å². The Kier molecular flexibility index (Phi) is 6.61. The second kappa shape index (κ2) is 9.74. The van der Waals surface area contributed by atoms with E-state index >= 15 is 0 Å². The summed E-state index contributed by atoms with van der Waals surface area (Å²) >= 11 is 5.88. The summed E-state index contributed by atoms with van der Waals surface area (Å²) in [5.41, 5.74) is 1.91. The van der Waals surface area contributed by atoms with Gasteiger partial charge in [0.2, 0.25) is 17.6 Å². The smallest absolute Gasteiger partial charge is 0.226 e. The fourth-order valence-corrected chi connectivity index (χ4v) is 3.38. The van der Waals surface area contributed by atoms with Crippen molar-refractivity contribution in [1.82, 2.24) is 25.0 Å². The maximum absolute atomic E-state index is 14.5. The third-order valence-electron chi connectivity index (χ3n) is 4.95. The largest absolute Gasteiger partial charge is 0.352 e. The molecule has 1 amide bonds. The van der Waals surface area contributed by atoms with Gasteiger partial charge in [0.05, 0.1) is 5.69 Å². The zero-order valence-electron chi connectivity index (χ0n) is 17.4. The molecule has 2 aromatic heterocycles. The lowest BCUT2D eigenvalue weighted by atomic mass is 10.1. The van der Waals surface area contributed by atoms with Crippen molar-refractivity contribution in [2.75, 3.05) is 0 Å². The van der Waals surface area contributed by atoms with E-state index in [0.717, 1.165) is 5.56 Å². The molecule has 32 heavy (non-hydrogen) atoms. The number of hydrogen-bond acceptors (Lipinski definition) is 5. The van der Waals surface area contributed by atoms with Crippen LogP contribution in [0.15, 0.2) is 59.4 Å². The van der Waals surface area contributed by atoms with Gasteiger partial charge in [0.15, 0.2) is 0 Å². The van der Waals surface area contributed by atoms with Gasteiger partial charge in [0.1, 0.15) is 11.6 Å². The molecule has 0 fully saturated rings. The Labute approximate surface area is 189 Å². The summed E-state index contributed by atoms with van der Waals surface area (Å²) < 4.78 is 21.4.